The van der Waals surface area contributed by atoms with Crippen LogP contribution in [-0.4, -0.2) is 44.9 Å². The van der Waals surface area contributed by atoms with E-state index in [1.54, 1.807) is 19.1 Å². The molecule has 13 heavy (non-hydrogen) atoms. The first kappa shape index (κ1) is 12.2. The van der Waals surface area contributed by atoms with Crippen molar-refractivity contribution >= 4 is 6.09 Å². The fourth-order valence-corrected chi connectivity index (χ4v) is 0.945. The van der Waals surface area contributed by atoms with Crippen molar-refractivity contribution in [2.75, 3.05) is 33.9 Å². The Morgan fingerprint density at radius 2 is 2.00 bits per heavy atom. The SMILES string of the molecule is COCCOC(=O)N(C)CC(C)C. The number of nitrogens with zero attached hydrogens (tertiary/aromatic N) is 1. The molecule has 0 aromatic rings. The van der Waals surface area contributed by atoms with E-state index in [4.69, 9.17) is 9.47 Å². The Labute approximate surface area is 79.8 Å². The van der Waals surface area contributed by atoms with Crippen molar-refractivity contribution in [2.45, 2.75) is 13.8 Å². The van der Waals surface area contributed by atoms with Crippen molar-refractivity contribution in [1.82, 2.24) is 4.90 Å². The second kappa shape index (κ2) is 6.71. The first-order valence-electron chi connectivity index (χ1n) is 4.44. The Bertz CT molecular complexity index is 148. The van der Waals surface area contributed by atoms with E-state index in [1.165, 1.54) is 0 Å². The summed E-state index contributed by atoms with van der Waals surface area (Å²) >= 11 is 0. The number of carbonyl (C=O) groups excluding carboxylic acids is 1. The maximum atomic E-state index is 11.2. The molecule has 0 aliphatic rings. The van der Waals surface area contributed by atoms with Gasteiger partial charge in [-0.25, -0.2) is 4.79 Å². The fourth-order valence-electron chi connectivity index (χ4n) is 0.945. The number of ether oxygens (including phenoxy) is 2. The number of amides is 1. The van der Waals surface area contributed by atoms with E-state index in [1.807, 2.05) is 0 Å². The van der Waals surface area contributed by atoms with E-state index in [-0.39, 0.29) is 6.09 Å². The normalized spacial score (nSPS) is 10.2. The van der Waals surface area contributed by atoms with Gasteiger partial charge in [0.1, 0.15) is 6.61 Å². The highest BCUT2D eigenvalue weighted by atomic mass is 16.6. The number of methoxy groups -OCH3 is 1. The lowest BCUT2D eigenvalue weighted by Gasteiger charge is -2.18. The molecule has 0 saturated heterocycles. The zero-order valence-electron chi connectivity index (χ0n) is 8.87. The zero-order valence-corrected chi connectivity index (χ0v) is 8.87. The van der Waals surface area contributed by atoms with Crippen LogP contribution in [0.2, 0.25) is 0 Å². The third-order valence-corrected chi connectivity index (χ3v) is 1.46. The van der Waals surface area contributed by atoms with Gasteiger partial charge in [0.2, 0.25) is 0 Å². The highest BCUT2D eigenvalue weighted by molar-refractivity contribution is 5.67. The third-order valence-electron chi connectivity index (χ3n) is 1.46. The zero-order chi connectivity index (χ0) is 10.3. The Morgan fingerprint density at radius 1 is 1.38 bits per heavy atom. The molecule has 4 heteroatoms. The van der Waals surface area contributed by atoms with Gasteiger partial charge in [-0.15, -0.1) is 0 Å². The first-order valence-corrected chi connectivity index (χ1v) is 4.44. The van der Waals surface area contributed by atoms with Crippen LogP contribution in [0.25, 0.3) is 0 Å². The lowest BCUT2D eigenvalue weighted by molar-refractivity contribution is 0.0750. The lowest BCUT2D eigenvalue weighted by atomic mass is 10.2. The number of hydrogen-bond acceptors (Lipinski definition) is 3. The van der Waals surface area contributed by atoms with Gasteiger partial charge in [0, 0.05) is 20.7 Å². The summed E-state index contributed by atoms with van der Waals surface area (Å²) in [6.07, 6.45) is -0.286. The highest BCUT2D eigenvalue weighted by Crippen LogP contribution is 1.97. The minimum atomic E-state index is -0.286. The van der Waals surface area contributed by atoms with Crippen LogP contribution in [0.5, 0.6) is 0 Å². The molecular weight excluding hydrogens is 170 g/mol. The third kappa shape index (κ3) is 6.40. The highest BCUT2D eigenvalue weighted by Gasteiger charge is 2.10. The quantitative estimate of drug-likeness (QED) is 0.613. The topological polar surface area (TPSA) is 38.8 Å². The van der Waals surface area contributed by atoms with Gasteiger partial charge in [-0.1, -0.05) is 13.8 Å². The van der Waals surface area contributed by atoms with Crippen LogP contribution < -0.4 is 0 Å². The van der Waals surface area contributed by atoms with Crippen molar-refractivity contribution in [3.05, 3.63) is 0 Å². The van der Waals surface area contributed by atoms with Gasteiger partial charge in [0.25, 0.3) is 0 Å². The van der Waals surface area contributed by atoms with Crippen LogP contribution in [0.3, 0.4) is 0 Å². The van der Waals surface area contributed by atoms with Crippen molar-refractivity contribution in [1.29, 1.82) is 0 Å². The van der Waals surface area contributed by atoms with Crippen LogP contribution >= 0.6 is 0 Å². The molecule has 0 rings (SSSR count). The van der Waals surface area contributed by atoms with Gasteiger partial charge in [-0.2, -0.15) is 0 Å². The van der Waals surface area contributed by atoms with E-state index >= 15 is 0 Å². The van der Waals surface area contributed by atoms with E-state index in [0.717, 1.165) is 0 Å². The van der Waals surface area contributed by atoms with Gasteiger partial charge in [-0.3, -0.25) is 0 Å². The molecule has 1 amide bonds. The summed E-state index contributed by atoms with van der Waals surface area (Å²) < 4.78 is 9.66. The second-order valence-corrected chi connectivity index (χ2v) is 3.38. The van der Waals surface area contributed by atoms with Gasteiger partial charge in [-0.05, 0) is 5.92 Å². The Hall–Kier alpha value is -0.770. The molecule has 0 unspecified atom stereocenters. The van der Waals surface area contributed by atoms with Crippen LogP contribution in [0.4, 0.5) is 4.79 Å². The predicted octanol–water partition coefficient (Wildman–Crippen LogP) is 1.36. The largest absolute Gasteiger partial charge is 0.447 e. The Balaban J connectivity index is 3.57. The summed E-state index contributed by atoms with van der Waals surface area (Å²) in [5.74, 6) is 0.458. The molecule has 0 radical (unpaired) electrons. The second-order valence-electron chi connectivity index (χ2n) is 3.38. The Kier molecular flexibility index (Phi) is 6.32. The summed E-state index contributed by atoms with van der Waals surface area (Å²) in [4.78, 5) is 12.8. The molecule has 78 valence electrons. The average molecular weight is 189 g/mol. The van der Waals surface area contributed by atoms with Crippen LogP contribution in [-0.2, 0) is 9.47 Å². The van der Waals surface area contributed by atoms with Crippen LogP contribution in [0, 0.1) is 5.92 Å². The van der Waals surface area contributed by atoms with Crippen molar-refractivity contribution in [3.8, 4) is 0 Å². The number of carbonyl (C=O) groups is 1. The van der Waals surface area contributed by atoms with Crippen molar-refractivity contribution < 1.29 is 14.3 Å². The molecule has 0 spiro atoms. The van der Waals surface area contributed by atoms with Crippen molar-refractivity contribution in [3.63, 3.8) is 0 Å². The van der Waals surface area contributed by atoms with Gasteiger partial charge in [0.05, 0.1) is 6.61 Å². The maximum Gasteiger partial charge on any atom is 0.409 e. The molecule has 0 fully saturated rings. The summed E-state index contributed by atoms with van der Waals surface area (Å²) in [5, 5.41) is 0. The summed E-state index contributed by atoms with van der Waals surface area (Å²) in [7, 11) is 3.31. The van der Waals surface area contributed by atoms with E-state index in [2.05, 4.69) is 13.8 Å². The van der Waals surface area contributed by atoms with E-state index < -0.39 is 0 Å². The van der Waals surface area contributed by atoms with Gasteiger partial charge < -0.3 is 14.4 Å². The molecule has 0 atom stereocenters. The lowest BCUT2D eigenvalue weighted by Crippen LogP contribution is -2.31. The number of rotatable bonds is 5. The molecule has 0 N–H and O–H groups in total. The Morgan fingerprint density at radius 3 is 2.46 bits per heavy atom. The first-order chi connectivity index (χ1) is 6.07. The van der Waals surface area contributed by atoms with Gasteiger partial charge in [0.15, 0.2) is 0 Å². The fraction of sp³-hybridized carbons (Fsp3) is 0.889. The smallest absolute Gasteiger partial charge is 0.409 e. The van der Waals surface area contributed by atoms with E-state index in [9.17, 15) is 4.79 Å². The predicted molar refractivity (Wildman–Crippen MR) is 50.7 cm³/mol. The molecule has 0 aliphatic carbocycles. The van der Waals surface area contributed by atoms with Crippen LogP contribution in [0.1, 0.15) is 13.8 Å². The standard InChI is InChI=1S/C9H19NO3/c1-8(2)7-10(3)9(11)13-6-5-12-4/h8H,5-7H2,1-4H3. The molecule has 0 aromatic heterocycles. The molecular formula is C9H19NO3. The summed E-state index contributed by atoms with van der Waals surface area (Å²) in [6, 6.07) is 0. The maximum absolute atomic E-state index is 11.2. The monoisotopic (exact) mass is 189 g/mol. The van der Waals surface area contributed by atoms with Gasteiger partial charge >= 0.3 is 6.09 Å². The molecule has 0 bridgehead atoms. The van der Waals surface area contributed by atoms with Crippen molar-refractivity contribution in [2.24, 2.45) is 5.92 Å². The van der Waals surface area contributed by atoms with E-state index in [0.29, 0.717) is 25.7 Å². The molecule has 0 saturated carbocycles. The van der Waals surface area contributed by atoms with Crippen LogP contribution in [0.15, 0.2) is 0 Å². The number of hydrogen-bond donors (Lipinski definition) is 0. The molecule has 0 aliphatic heterocycles. The molecule has 0 aromatic carbocycles. The average Bonchev–Trinajstić information content (AvgIpc) is 2.03. The molecule has 0 heterocycles. The summed E-state index contributed by atoms with van der Waals surface area (Å²) in [6.45, 7) is 5.59. The molecule has 4 nitrogen and oxygen atoms in total. The summed E-state index contributed by atoms with van der Waals surface area (Å²) in [5.41, 5.74) is 0. The minimum Gasteiger partial charge on any atom is -0.447 e. The minimum absolute atomic E-state index is 0.286.